The average molecular weight is 529 g/mol. The Morgan fingerprint density at radius 3 is 2.92 bits per heavy atom. The molecule has 0 spiro atoms. The number of rotatable bonds is 6. The minimum atomic E-state index is -0.362. The Morgan fingerprint density at radius 1 is 1.28 bits per heavy atom. The van der Waals surface area contributed by atoms with Crippen LogP contribution in [-0.4, -0.2) is 68.1 Å². The van der Waals surface area contributed by atoms with Crippen LogP contribution in [0.3, 0.4) is 0 Å². The molecule has 0 unspecified atom stereocenters. The van der Waals surface area contributed by atoms with Crippen LogP contribution in [0.5, 0.6) is 11.5 Å². The molecule has 36 heavy (non-hydrogen) atoms. The summed E-state index contributed by atoms with van der Waals surface area (Å²) in [6.07, 6.45) is 1.05. The fraction of sp³-hybridized carbons (Fsp3) is 0.400. The van der Waals surface area contributed by atoms with E-state index in [0.717, 1.165) is 6.42 Å². The number of ether oxygens (including phenoxy) is 2. The molecule has 2 aromatic heterocycles. The van der Waals surface area contributed by atoms with Gasteiger partial charge < -0.3 is 24.6 Å². The molecule has 3 aromatic rings. The lowest BCUT2D eigenvalue weighted by molar-refractivity contribution is 0.0690. The van der Waals surface area contributed by atoms with Crippen molar-refractivity contribution in [2.24, 2.45) is 11.8 Å². The van der Waals surface area contributed by atoms with Gasteiger partial charge in [0.1, 0.15) is 29.6 Å². The Balaban J connectivity index is 1.23. The van der Waals surface area contributed by atoms with Crippen LogP contribution in [0.1, 0.15) is 26.6 Å². The number of carbonyl (C=O) groups is 2. The summed E-state index contributed by atoms with van der Waals surface area (Å²) in [4.78, 5) is 36.2. The van der Waals surface area contributed by atoms with Gasteiger partial charge in [-0.15, -0.1) is 11.3 Å². The third-order valence-electron chi connectivity index (χ3n) is 6.83. The van der Waals surface area contributed by atoms with Gasteiger partial charge in [-0.2, -0.15) is 0 Å². The van der Waals surface area contributed by atoms with Crippen molar-refractivity contribution in [2.45, 2.75) is 12.5 Å². The molecule has 2 aliphatic heterocycles. The molecule has 1 saturated carbocycles. The zero-order valence-corrected chi connectivity index (χ0v) is 21.5. The zero-order valence-electron chi connectivity index (χ0n) is 19.8. The van der Waals surface area contributed by atoms with Crippen molar-refractivity contribution in [3.8, 4) is 21.9 Å². The van der Waals surface area contributed by atoms with E-state index in [9.17, 15) is 14.0 Å². The van der Waals surface area contributed by atoms with Gasteiger partial charge in [0.2, 0.25) is 0 Å². The van der Waals surface area contributed by atoms with Gasteiger partial charge in [0.05, 0.1) is 10.9 Å². The second-order valence-corrected chi connectivity index (χ2v) is 11.3. The summed E-state index contributed by atoms with van der Waals surface area (Å²) < 4.78 is 25.2. The van der Waals surface area contributed by atoms with Crippen LogP contribution >= 0.6 is 22.7 Å². The second-order valence-electron chi connectivity index (χ2n) is 9.43. The second kappa shape index (κ2) is 9.04. The van der Waals surface area contributed by atoms with Gasteiger partial charge in [-0.1, -0.05) is 23.5 Å². The quantitative estimate of drug-likeness (QED) is 0.525. The van der Waals surface area contributed by atoms with E-state index in [4.69, 9.17) is 9.47 Å². The fourth-order valence-electron chi connectivity index (χ4n) is 4.97. The minimum Gasteiger partial charge on any atom is -0.485 e. The lowest BCUT2D eigenvalue weighted by atomic mass is 10.1. The highest BCUT2D eigenvalue weighted by molar-refractivity contribution is 7.19. The monoisotopic (exact) mass is 528 g/mol. The first-order valence-electron chi connectivity index (χ1n) is 11.8. The number of hydrogen-bond donors (Lipinski definition) is 1. The smallest absolute Gasteiger partial charge is 0.274 e. The molecule has 0 radical (unpaired) electrons. The third-order valence-corrected chi connectivity index (χ3v) is 9.04. The Kier molecular flexibility index (Phi) is 5.83. The summed E-state index contributed by atoms with van der Waals surface area (Å²) in [6.45, 7) is 1.86. The van der Waals surface area contributed by atoms with Crippen LogP contribution in [0.25, 0.3) is 10.4 Å². The average Bonchev–Trinajstić information content (AvgIpc) is 3.23. The molecule has 1 saturated heterocycles. The molecule has 2 fully saturated rings. The fourth-order valence-corrected chi connectivity index (χ4v) is 6.79. The summed E-state index contributed by atoms with van der Waals surface area (Å²) >= 11 is 2.66. The molecule has 3 aliphatic rings. The van der Waals surface area contributed by atoms with E-state index < -0.39 is 0 Å². The predicted molar refractivity (Wildman–Crippen MR) is 136 cm³/mol. The Bertz CT molecular complexity index is 1340. The number of halogens is 1. The summed E-state index contributed by atoms with van der Waals surface area (Å²) in [7, 11) is 3.73. The first-order chi connectivity index (χ1) is 17.4. The predicted octanol–water partition coefficient (Wildman–Crippen LogP) is 3.74. The molecule has 188 valence electrons. The van der Waals surface area contributed by atoms with Gasteiger partial charge in [0.25, 0.3) is 11.8 Å². The molecule has 1 aromatic carbocycles. The molecule has 3 atom stereocenters. The van der Waals surface area contributed by atoms with Gasteiger partial charge in [-0.3, -0.25) is 9.59 Å². The van der Waals surface area contributed by atoms with Gasteiger partial charge >= 0.3 is 0 Å². The summed E-state index contributed by atoms with van der Waals surface area (Å²) in [5.74, 6) is 1.11. The van der Waals surface area contributed by atoms with E-state index in [1.807, 2.05) is 23.9 Å². The number of nitrogens with one attached hydrogen (secondary N) is 1. The highest BCUT2D eigenvalue weighted by Gasteiger charge is 2.54. The van der Waals surface area contributed by atoms with Gasteiger partial charge in [0.15, 0.2) is 16.6 Å². The maximum atomic E-state index is 14.0. The molecular weight excluding hydrogens is 503 g/mol. The summed E-state index contributed by atoms with van der Waals surface area (Å²) in [5.41, 5.74) is 0.952. The maximum Gasteiger partial charge on any atom is 0.274 e. The van der Waals surface area contributed by atoms with Crippen molar-refractivity contribution in [1.29, 1.82) is 0 Å². The molecule has 11 heteroatoms. The van der Waals surface area contributed by atoms with E-state index in [2.05, 4.69) is 10.3 Å². The van der Waals surface area contributed by atoms with E-state index in [0.29, 0.717) is 75.8 Å². The Morgan fingerprint density at radius 2 is 2.11 bits per heavy atom. The van der Waals surface area contributed by atoms with Crippen molar-refractivity contribution in [2.75, 3.05) is 45.3 Å². The molecule has 1 aliphatic carbocycles. The van der Waals surface area contributed by atoms with Crippen LogP contribution in [0.15, 0.2) is 29.6 Å². The number of thiophene rings is 1. The van der Waals surface area contributed by atoms with E-state index in [1.165, 1.54) is 34.8 Å². The van der Waals surface area contributed by atoms with Crippen molar-refractivity contribution in [1.82, 2.24) is 15.2 Å². The molecule has 2 amide bonds. The largest absolute Gasteiger partial charge is 0.485 e. The van der Waals surface area contributed by atoms with Crippen molar-refractivity contribution < 1.29 is 23.5 Å². The maximum absolute atomic E-state index is 14.0. The number of fused-ring (bicyclic) bond motifs is 2. The van der Waals surface area contributed by atoms with Crippen molar-refractivity contribution in [3.05, 3.63) is 46.0 Å². The topological polar surface area (TPSA) is 84.0 Å². The SMILES string of the molecule is CN(C)c1nc(C(=O)N2C[C@@H]3C[C@@H]3[C@H]2CNC(=O)c2scc3c2OCCO3)c(-c2cccc(F)c2)s1. The summed E-state index contributed by atoms with van der Waals surface area (Å²) in [5, 5.41) is 5.47. The Hall–Kier alpha value is -3.18. The zero-order chi connectivity index (χ0) is 25.0. The van der Waals surface area contributed by atoms with Crippen LogP contribution in [0, 0.1) is 17.7 Å². The highest BCUT2D eigenvalue weighted by Crippen LogP contribution is 2.50. The van der Waals surface area contributed by atoms with E-state index in [1.54, 1.807) is 17.5 Å². The summed E-state index contributed by atoms with van der Waals surface area (Å²) in [6, 6.07) is 6.11. The number of benzene rings is 1. The van der Waals surface area contributed by atoms with Gasteiger partial charge in [-0.05, 0) is 36.0 Å². The molecule has 0 bridgehead atoms. The first kappa shape index (κ1) is 23.2. The van der Waals surface area contributed by atoms with Crippen molar-refractivity contribution in [3.63, 3.8) is 0 Å². The van der Waals surface area contributed by atoms with Crippen LogP contribution in [0.2, 0.25) is 0 Å². The lowest BCUT2D eigenvalue weighted by Crippen LogP contribution is -2.45. The number of likely N-dealkylation sites (tertiary alicyclic amines) is 1. The number of amides is 2. The normalized spacial score (nSPS) is 21.8. The molecule has 4 heterocycles. The molecule has 8 nitrogen and oxygen atoms in total. The van der Waals surface area contributed by atoms with E-state index >= 15 is 0 Å². The minimum absolute atomic E-state index is 0.121. The van der Waals surface area contributed by atoms with Gasteiger partial charge in [-0.25, -0.2) is 9.37 Å². The molecule has 1 N–H and O–H groups in total. The standard InChI is InChI=1S/C25H25FN4O4S2/c1-29(2)25-28-19(21(36-25)13-4-3-5-15(26)8-13)24(32)30-11-14-9-16(14)17(30)10-27-23(31)22-20-18(12-35-22)33-6-7-34-20/h3-5,8,12,14,16-17H,6-7,9-11H2,1-2H3,(H,27,31)/t14-,16-,17+/m0/s1. The van der Waals surface area contributed by atoms with Crippen LogP contribution in [0.4, 0.5) is 9.52 Å². The van der Waals surface area contributed by atoms with Crippen LogP contribution < -0.4 is 19.7 Å². The molecular formula is C25H25FN4O4S2. The van der Waals surface area contributed by atoms with Crippen LogP contribution in [-0.2, 0) is 0 Å². The first-order valence-corrected chi connectivity index (χ1v) is 13.5. The number of aromatic nitrogens is 1. The number of anilines is 1. The highest BCUT2D eigenvalue weighted by atomic mass is 32.1. The molecule has 6 rings (SSSR count). The van der Waals surface area contributed by atoms with Crippen molar-refractivity contribution >= 4 is 39.6 Å². The number of hydrogen-bond acceptors (Lipinski definition) is 8. The number of nitrogens with zero attached hydrogens (tertiary/aromatic N) is 3. The number of piperidine rings is 1. The number of carbonyl (C=O) groups excluding carboxylic acids is 2. The Labute approximate surface area is 215 Å². The third kappa shape index (κ3) is 4.09. The number of thiazole rings is 1. The van der Waals surface area contributed by atoms with Gasteiger partial charge in [0, 0.05) is 32.6 Å². The van der Waals surface area contributed by atoms with E-state index in [-0.39, 0.29) is 23.7 Å². The lowest BCUT2D eigenvalue weighted by Gasteiger charge is -2.27.